The van der Waals surface area contributed by atoms with Crippen molar-refractivity contribution >= 4 is 38.8 Å². The Morgan fingerprint density at radius 1 is 1.43 bits per heavy atom. The summed E-state index contributed by atoms with van der Waals surface area (Å²) in [6, 6.07) is 5.19. The van der Waals surface area contributed by atoms with E-state index in [2.05, 4.69) is 21.2 Å². The Balaban J connectivity index is 2.30. The van der Waals surface area contributed by atoms with Gasteiger partial charge in [-0.05, 0) is 54.9 Å². The first-order valence-corrected chi connectivity index (χ1v) is 7.62. The van der Waals surface area contributed by atoms with E-state index in [4.69, 9.17) is 22.4 Å². The molecule has 1 aromatic carbocycles. The fourth-order valence-corrected chi connectivity index (χ4v) is 3.10. The molecule has 1 aromatic heterocycles. The van der Waals surface area contributed by atoms with Crippen molar-refractivity contribution in [1.82, 2.24) is 0 Å². The highest BCUT2D eigenvalue weighted by Gasteiger charge is 2.17. The van der Waals surface area contributed by atoms with Crippen LogP contribution in [0, 0.1) is 19.7 Å². The number of furan rings is 1. The van der Waals surface area contributed by atoms with E-state index < -0.39 is 5.82 Å². The Morgan fingerprint density at radius 3 is 2.62 bits per heavy atom. The standard InChI is InChI=1S/C15H16BrFN2OS/c1-7-6-11(9(3)20-7)8(2)19-12-5-4-10(15(18)21)13(16)14(12)17/h4-6,8,19H,1-3H3,(H2,18,21). The molecule has 0 bridgehead atoms. The number of nitrogens with two attached hydrogens (primary N) is 1. The molecule has 0 aliphatic carbocycles. The molecule has 0 saturated heterocycles. The molecular weight excluding hydrogens is 355 g/mol. The molecule has 0 aliphatic heterocycles. The number of hydrogen-bond acceptors (Lipinski definition) is 3. The van der Waals surface area contributed by atoms with E-state index in [1.54, 1.807) is 12.1 Å². The van der Waals surface area contributed by atoms with Crippen LogP contribution in [0.1, 0.15) is 35.6 Å². The molecule has 1 unspecified atom stereocenters. The maximum absolute atomic E-state index is 14.4. The second-order valence-electron chi connectivity index (χ2n) is 4.89. The van der Waals surface area contributed by atoms with Crippen LogP contribution in [0.3, 0.4) is 0 Å². The Morgan fingerprint density at radius 2 is 2.10 bits per heavy atom. The first-order chi connectivity index (χ1) is 9.81. The minimum absolute atomic E-state index is 0.0838. The van der Waals surface area contributed by atoms with E-state index in [-0.39, 0.29) is 15.5 Å². The van der Waals surface area contributed by atoms with Gasteiger partial charge in [0.2, 0.25) is 0 Å². The third kappa shape index (κ3) is 3.27. The lowest BCUT2D eigenvalue weighted by molar-refractivity contribution is 0.499. The van der Waals surface area contributed by atoms with E-state index in [1.165, 1.54) is 0 Å². The van der Waals surface area contributed by atoms with Crippen LogP contribution >= 0.6 is 28.1 Å². The van der Waals surface area contributed by atoms with Crippen molar-refractivity contribution in [3.05, 3.63) is 51.1 Å². The summed E-state index contributed by atoms with van der Waals surface area (Å²) < 4.78 is 20.1. The van der Waals surface area contributed by atoms with Gasteiger partial charge >= 0.3 is 0 Å². The molecule has 112 valence electrons. The summed E-state index contributed by atoms with van der Waals surface area (Å²) >= 11 is 8.08. The van der Waals surface area contributed by atoms with Gasteiger partial charge in [0.05, 0.1) is 16.2 Å². The number of halogens is 2. The predicted octanol–water partition coefficient (Wildman–Crippen LogP) is 4.61. The van der Waals surface area contributed by atoms with Crippen molar-refractivity contribution in [1.29, 1.82) is 0 Å². The maximum atomic E-state index is 14.4. The Bertz CT molecular complexity index is 699. The average molecular weight is 371 g/mol. The van der Waals surface area contributed by atoms with Crippen molar-refractivity contribution in [3.8, 4) is 0 Å². The summed E-state index contributed by atoms with van der Waals surface area (Å²) in [6.45, 7) is 5.73. The lowest BCUT2D eigenvalue weighted by Gasteiger charge is -2.17. The van der Waals surface area contributed by atoms with E-state index >= 15 is 0 Å². The molecule has 0 amide bonds. The highest BCUT2D eigenvalue weighted by atomic mass is 79.9. The second kappa shape index (κ2) is 6.15. The van der Waals surface area contributed by atoms with Crippen LogP contribution < -0.4 is 11.1 Å². The molecule has 2 aromatic rings. The number of hydrogen-bond donors (Lipinski definition) is 2. The molecule has 0 aliphatic rings. The number of nitrogens with one attached hydrogen (secondary N) is 1. The predicted molar refractivity (Wildman–Crippen MR) is 90.2 cm³/mol. The van der Waals surface area contributed by atoms with Gasteiger partial charge in [0.25, 0.3) is 0 Å². The fourth-order valence-electron chi connectivity index (χ4n) is 2.24. The first kappa shape index (κ1) is 16.0. The van der Waals surface area contributed by atoms with Gasteiger partial charge in [-0.3, -0.25) is 0 Å². The molecule has 21 heavy (non-hydrogen) atoms. The van der Waals surface area contributed by atoms with Crippen LogP contribution in [-0.4, -0.2) is 4.99 Å². The lowest BCUT2D eigenvalue weighted by Crippen LogP contribution is -2.13. The molecule has 0 spiro atoms. The summed E-state index contributed by atoms with van der Waals surface area (Å²) in [4.78, 5) is 0.154. The SMILES string of the molecule is Cc1cc(C(C)Nc2ccc(C(N)=S)c(Br)c2F)c(C)o1. The molecule has 1 heterocycles. The summed E-state index contributed by atoms with van der Waals surface area (Å²) in [7, 11) is 0. The molecule has 2 rings (SSSR count). The van der Waals surface area contributed by atoms with E-state index in [9.17, 15) is 4.39 Å². The van der Waals surface area contributed by atoms with Crippen LogP contribution in [0.25, 0.3) is 0 Å². The van der Waals surface area contributed by atoms with Crippen molar-refractivity contribution in [2.24, 2.45) is 5.73 Å². The number of aryl methyl sites for hydroxylation is 2. The maximum Gasteiger partial charge on any atom is 0.161 e. The van der Waals surface area contributed by atoms with E-state index in [0.717, 1.165) is 17.1 Å². The van der Waals surface area contributed by atoms with Gasteiger partial charge in [-0.2, -0.15) is 0 Å². The Kier molecular flexibility index (Phi) is 4.68. The van der Waals surface area contributed by atoms with Crippen molar-refractivity contribution in [2.75, 3.05) is 5.32 Å². The number of thiocarbonyl (C=S) groups is 1. The van der Waals surface area contributed by atoms with Gasteiger partial charge in [0.1, 0.15) is 16.5 Å². The van der Waals surface area contributed by atoms with Gasteiger partial charge in [0.15, 0.2) is 5.82 Å². The van der Waals surface area contributed by atoms with Crippen molar-refractivity contribution < 1.29 is 8.81 Å². The van der Waals surface area contributed by atoms with Gasteiger partial charge in [-0.25, -0.2) is 4.39 Å². The normalized spacial score (nSPS) is 12.2. The quantitative estimate of drug-likeness (QED) is 0.771. The zero-order valence-corrected chi connectivity index (χ0v) is 14.4. The molecule has 3 N–H and O–H groups in total. The molecule has 6 heteroatoms. The topological polar surface area (TPSA) is 51.2 Å². The van der Waals surface area contributed by atoms with Gasteiger partial charge in [-0.15, -0.1) is 0 Å². The third-order valence-corrected chi connectivity index (χ3v) is 4.26. The monoisotopic (exact) mass is 370 g/mol. The van der Waals surface area contributed by atoms with Crippen LogP contribution in [0.4, 0.5) is 10.1 Å². The minimum Gasteiger partial charge on any atom is -0.466 e. The highest BCUT2D eigenvalue weighted by Crippen LogP contribution is 2.31. The first-order valence-electron chi connectivity index (χ1n) is 6.42. The van der Waals surface area contributed by atoms with Crippen molar-refractivity contribution in [3.63, 3.8) is 0 Å². The van der Waals surface area contributed by atoms with Crippen LogP contribution in [0.15, 0.2) is 27.1 Å². The van der Waals surface area contributed by atoms with Gasteiger partial charge in [-0.1, -0.05) is 12.2 Å². The molecule has 0 radical (unpaired) electrons. The summed E-state index contributed by atoms with van der Waals surface area (Å²) in [5.74, 6) is 1.25. The zero-order valence-electron chi connectivity index (χ0n) is 12.0. The Hall–Kier alpha value is -1.40. The summed E-state index contributed by atoms with van der Waals surface area (Å²) in [5, 5.41) is 3.14. The van der Waals surface area contributed by atoms with Crippen LogP contribution in [0.2, 0.25) is 0 Å². The van der Waals surface area contributed by atoms with E-state index in [1.807, 2.05) is 26.8 Å². The third-order valence-electron chi connectivity index (χ3n) is 3.27. The fraction of sp³-hybridized carbons (Fsp3) is 0.267. The number of rotatable bonds is 4. The summed E-state index contributed by atoms with van der Waals surface area (Å²) in [6.07, 6.45) is 0. The largest absolute Gasteiger partial charge is 0.466 e. The second-order valence-corrected chi connectivity index (χ2v) is 6.12. The molecule has 1 atom stereocenters. The van der Waals surface area contributed by atoms with Gasteiger partial charge < -0.3 is 15.5 Å². The van der Waals surface area contributed by atoms with Crippen LogP contribution in [-0.2, 0) is 0 Å². The number of benzene rings is 1. The highest BCUT2D eigenvalue weighted by molar-refractivity contribution is 9.10. The zero-order chi connectivity index (χ0) is 15.7. The molecular formula is C15H16BrFN2OS. The molecule has 0 fully saturated rings. The number of anilines is 1. The van der Waals surface area contributed by atoms with Gasteiger partial charge in [0, 0.05) is 11.1 Å². The Labute approximate surface area is 136 Å². The summed E-state index contributed by atoms with van der Waals surface area (Å²) in [5.41, 5.74) is 7.42. The molecule has 0 saturated carbocycles. The van der Waals surface area contributed by atoms with E-state index in [0.29, 0.717) is 11.3 Å². The lowest BCUT2D eigenvalue weighted by atomic mass is 10.1. The molecule has 3 nitrogen and oxygen atoms in total. The smallest absolute Gasteiger partial charge is 0.161 e. The van der Waals surface area contributed by atoms with Crippen LogP contribution in [0.5, 0.6) is 0 Å². The average Bonchev–Trinajstić information content (AvgIpc) is 2.74. The minimum atomic E-state index is -0.412. The van der Waals surface area contributed by atoms with Crippen molar-refractivity contribution in [2.45, 2.75) is 26.8 Å².